The van der Waals surface area contributed by atoms with E-state index in [-0.39, 0.29) is 11.8 Å². The molecular weight excluding hydrogens is 296 g/mol. The summed E-state index contributed by atoms with van der Waals surface area (Å²) < 4.78 is 6.04. The number of amides is 1. The third-order valence-corrected chi connectivity index (χ3v) is 3.45. The summed E-state index contributed by atoms with van der Waals surface area (Å²) >= 11 is 3.30. The molecule has 1 saturated heterocycles. The van der Waals surface area contributed by atoms with Gasteiger partial charge < -0.3 is 10.1 Å². The second-order valence-electron chi connectivity index (χ2n) is 4.18. The lowest BCUT2D eigenvalue weighted by atomic mass is 9.99. The van der Waals surface area contributed by atoms with Crippen LogP contribution in [0.15, 0.2) is 22.7 Å². The first kappa shape index (κ1) is 13.1. The molecule has 0 unspecified atom stereocenters. The average molecular weight is 309 g/mol. The molecular formula is C13H13BrN2O2. The van der Waals surface area contributed by atoms with E-state index in [1.165, 1.54) is 0 Å². The fraction of sp³-hybridized carbons (Fsp3) is 0.385. The third-order valence-electron chi connectivity index (χ3n) is 2.95. The van der Waals surface area contributed by atoms with Gasteiger partial charge in [0, 0.05) is 23.6 Å². The first-order valence-electron chi connectivity index (χ1n) is 5.79. The van der Waals surface area contributed by atoms with Crippen LogP contribution in [0.25, 0.3) is 0 Å². The van der Waals surface area contributed by atoms with Crippen molar-refractivity contribution in [1.29, 1.82) is 5.26 Å². The number of carbonyl (C=O) groups excluding carboxylic acids is 1. The molecule has 1 N–H and O–H groups in total. The average Bonchev–Trinajstić information content (AvgIpc) is 2.41. The van der Waals surface area contributed by atoms with E-state index in [0.29, 0.717) is 24.5 Å². The van der Waals surface area contributed by atoms with E-state index in [4.69, 9.17) is 10.00 Å². The molecule has 1 fully saturated rings. The molecule has 0 atom stereocenters. The van der Waals surface area contributed by atoms with Gasteiger partial charge in [-0.15, -0.1) is 0 Å². The Bertz CT molecular complexity index is 490. The van der Waals surface area contributed by atoms with Crippen molar-refractivity contribution in [3.63, 3.8) is 0 Å². The van der Waals surface area contributed by atoms with Gasteiger partial charge in [0.2, 0.25) is 5.91 Å². The lowest BCUT2D eigenvalue weighted by molar-refractivity contribution is -0.122. The maximum atomic E-state index is 12.0. The fourth-order valence-corrected chi connectivity index (χ4v) is 2.27. The normalized spacial score (nSPS) is 16.0. The molecule has 0 aliphatic carbocycles. The summed E-state index contributed by atoms with van der Waals surface area (Å²) in [4.78, 5) is 12.0. The number of anilines is 1. The molecule has 1 aliphatic rings. The van der Waals surface area contributed by atoms with Crippen LogP contribution < -0.4 is 5.32 Å². The van der Waals surface area contributed by atoms with Crippen LogP contribution in [0.4, 0.5) is 5.69 Å². The van der Waals surface area contributed by atoms with Crippen LogP contribution in [0.2, 0.25) is 0 Å². The van der Waals surface area contributed by atoms with Crippen molar-refractivity contribution in [3.8, 4) is 6.07 Å². The Hall–Kier alpha value is -1.38. The summed E-state index contributed by atoms with van der Waals surface area (Å²) in [6, 6.07) is 7.31. The number of ether oxygens (including phenoxy) is 1. The van der Waals surface area contributed by atoms with Crippen LogP contribution in [0.3, 0.4) is 0 Å². The second kappa shape index (κ2) is 5.98. The molecule has 1 aliphatic heterocycles. The zero-order valence-corrected chi connectivity index (χ0v) is 11.4. The first-order valence-corrected chi connectivity index (χ1v) is 6.58. The van der Waals surface area contributed by atoms with Crippen molar-refractivity contribution >= 4 is 27.5 Å². The molecule has 0 spiro atoms. The smallest absolute Gasteiger partial charge is 0.227 e. The minimum absolute atomic E-state index is 0.0195. The van der Waals surface area contributed by atoms with Gasteiger partial charge in [0.25, 0.3) is 0 Å². The summed E-state index contributed by atoms with van der Waals surface area (Å²) in [6.45, 7) is 1.26. The maximum absolute atomic E-state index is 12.0. The molecule has 0 aromatic heterocycles. The Labute approximate surface area is 114 Å². The standard InChI is InChI=1S/C13H13BrN2O2/c14-11-1-2-12(10(7-11)8-15)16-13(17)9-3-5-18-6-4-9/h1-2,7,9H,3-6H2,(H,16,17). The fourth-order valence-electron chi connectivity index (χ4n) is 1.91. The van der Waals surface area contributed by atoms with Gasteiger partial charge in [-0.3, -0.25) is 4.79 Å². The molecule has 4 nitrogen and oxygen atoms in total. The Balaban J connectivity index is 2.09. The highest BCUT2D eigenvalue weighted by atomic mass is 79.9. The van der Waals surface area contributed by atoms with E-state index in [1.54, 1.807) is 18.2 Å². The molecule has 0 bridgehead atoms. The van der Waals surface area contributed by atoms with Crippen molar-refractivity contribution in [1.82, 2.24) is 0 Å². The molecule has 18 heavy (non-hydrogen) atoms. The molecule has 0 radical (unpaired) electrons. The number of benzene rings is 1. The summed E-state index contributed by atoms with van der Waals surface area (Å²) in [6.07, 6.45) is 1.48. The zero-order valence-electron chi connectivity index (χ0n) is 9.78. The first-order chi connectivity index (χ1) is 8.70. The van der Waals surface area contributed by atoms with Gasteiger partial charge in [-0.2, -0.15) is 5.26 Å². The van der Waals surface area contributed by atoms with Crippen LogP contribution in [0, 0.1) is 17.2 Å². The van der Waals surface area contributed by atoms with Gasteiger partial charge in [0.1, 0.15) is 6.07 Å². The van der Waals surface area contributed by atoms with Crippen molar-refractivity contribution in [2.45, 2.75) is 12.8 Å². The van der Waals surface area contributed by atoms with E-state index >= 15 is 0 Å². The summed E-state index contributed by atoms with van der Waals surface area (Å²) in [7, 11) is 0. The van der Waals surface area contributed by atoms with Gasteiger partial charge >= 0.3 is 0 Å². The van der Waals surface area contributed by atoms with Crippen molar-refractivity contribution < 1.29 is 9.53 Å². The number of hydrogen-bond donors (Lipinski definition) is 1. The largest absolute Gasteiger partial charge is 0.381 e. The Morgan fingerprint density at radius 3 is 2.83 bits per heavy atom. The zero-order chi connectivity index (χ0) is 13.0. The number of nitrogens with zero attached hydrogens (tertiary/aromatic N) is 1. The second-order valence-corrected chi connectivity index (χ2v) is 5.09. The van der Waals surface area contributed by atoms with Crippen molar-refractivity contribution in [3.05, 3.63) is 28.2 Å². The molecule has 1 aromatic carbocycles. The van der Waals surface area contributed by atoms with Crippen molar-refractivity contribution in [2.75, 3.05) is 18.5 Å². The SMILES string of the molecule is N#Cc1cc(Br)ccc1NC(=O)C1CCOCC1. The lowest BCUT2D eigenvalue weighted by Gasteiger charge is -2.21. The summed E-state index contributed by atoms with van der Waals surface area (Å²) in [5, 5.41) is 11.8. The van der Waals surface area contributed by atoms with Gasteiger partial charge in [-0.1, -0.05) is 15.9 Å². The number of hydrogen-bond acceptors (Lipinski definition) is 3. The van der Waals surface area contributed by atoms with Gasteiger partial charge in [-0.05, 0) is 31.0 Å². The molecule has 1 aromatic rings. The van der Waals surface area contributed by atoms with Crippen LogP contribution >= 0.6 is 15.9 Å². The maximum Gasteiger partial charge on any atom is 0.227 e. The monoisotopic (exact) mass is 308 g/mol. The minimum Gasteiger partial charge on any atom is -0.381 e. The number of nitriles is 1. The van der Waals surface area contributed by atoms with Crippen LogP contribution in [-0.4, -0.2) is 19.1 Å². The Morgan fingerprint density at radius 2 is 2.17 bits per heavy atom. The van der Waals surface area contributed by atoms with Gasteiger partial charge in [-0.25, -0.2) is 0 Å². The minimum atomic E-state index is -0.0304. The van der Waals surface area contributed by atoms with Crippen molar-refractivity contribution in [2.24, 2.45) is 5.92 Å². The third kappa shape index (κ3) is 3.09. The summed E-state index contributed by atoms with van der Waals surface area (Å²) in [5.41, 5.74) is 1.03. The molecule has 5 heteroatoms. The predicted molar refractivity (Wildman–Crippen MR) is 71.0 cm³/mol. The number of nitrogens with one attached hydrogen (secondary N) is 1. The molecule has 1 heterocycles. The number of carbonyl (C=O) groups is 1. The highest BCUT2D eigenvalue weighted by Crippen LogP contribution is 2.22. The van der Waals surface area contributed by atoms with Gasteiger partial charge in [0.15, 0.2) is 0 Å². The summed E-state index contributed by atoms with van der Waals surface area (Å²) in [5.74, 6) is -0.0499. The highest BCUT2D eigenvalue weighted by Gasteiger charge is 2.22. The molecule has 1 amide bonds. The van der Waals surface area contributed by atoms with Gasteiger partial charge in [0.05, 0.1) is 11.3 Å². The quantitative estimate of drug-likeness (QED) is 0.913. The number of rotatable bonds is 2. The molecule has 94 valence electrons. The topological polar surface area (TPSA) is 62.1 Å². The van der Waals surface area contributed by atoms with E-state index in [0.717, 1.165) is 17.3 Å². The van der Waals surface area contributed by atoms with Crippen LogP contribution in [-0.2, 0) is 9.53 Å². The Kier molecular flexibility index (Phi) is 4.34. The van der Waals surface area contributed by atoms with E-state index in [9.17, 15) is 4.79 Å². The van der Waals surface area contributed by atoms with Crippen LogP contribution in [0.1, 0.15) is 18.4 Å². The van der Waals surface area contributed by atoms with E-state index in [2.05, 4.69) is 27.3 Å². The number of halogens is 1. The Morgan fingerprint density at radius 1 is 1.44 bits per heavy atom. The lowest BCUT2D eigenvalue weighted by Crippen LogP contribution is -2.28. The highest BCUT2D eigenvalue weighted by molar-refractivity contribution is 9.10. The molecule has 2 rings (SSSR count). The van der Waals surface area contributed by atoms with E-state index < -0.39 is 0 Å². The van der Waals surface area contributed by atoms with Crippen LogP contribution in [0.5, 0.6) is 0 Å². The van der Waals surface area contributed by atoms with E-state index in [1.807, 2.05) is 0 Å². The molecule has 0 saturated carbocycles. The predicted octanol–water partition coefficient (Wildman–Crippen LogP) is 2.69.